The van der Waals surface area contributed by atoms with Gasteiger partial charge in [0.1, 0.15) is 5.75 Å². The van der Waals surface area contributed by atoms with Gasteiger partial charge in [-0.25, -0.2) is 4.39 Å². The van der Waals surface area contributed by atoms with Crippen LogP contribution in [0.25, 0.3) is 10.9 Å². The summed E-state index contributed by atoms with van der Waals surface area (Å²) in [6.45, 7) is -0.247. The summed E-state index contributed by atoms with van der Waals surface area (Å²) < 4.78 is 34.8. The molecule has 5 heteroatoms. The van der Waals surface area contributed by atoms with E-state index >= 15 is 0 Å². The van der Waals surface area contributed by atoms with Gasteiger partial charge in [0.25, 0.3) is 5.56 Å². The van der Waals surface area contributed by atoms with Crippen LogP contribution < -0.4 is 10.3 Å². The number of nitrogens with one attached hydrogen (secondary N) is 1. The SMILES string of the molecule is [2H]C1([2H])COc2c1c(=O)[nH]c1c(F)c(CCl)ccc21. The first-order chi connectivity index (χ1) is 8.95. The fraction of sp³-hybridized carbons (Fsp3) is 0.250. The Morgan fingerprint density at radius 3 is 3.18 bits per heavy atom. The highest BCUT2D eigenvalue weighted by Gasteiger charge is 2.21. The minimum absolute atomic E-state index is 0.000370. The molecule has 0 saturated heterocycles. The van der Waals surface area contributed by atoms with Gasteiger partial charge < -0.3 is 9.72 Å². The smallest absolute Gasteiger partial charge is 0.255 e. The second kappa shape index (κ2) is 3.74. The quantitative estimate of drug-likeness (QED) is 0.795. The zero-order valence-electron chi connectivity index (χ0n) is 10.6. The molecule has 17 heavy (non-hydrogen) atoms. The van der Waals surface area contributed by atoms with Gasteiger partial charge in [-0.1, -0.05) is 6.07 Å². The Morgan fingerprint density at radius 1 is 1.59 bits per heavy atom. The van der Waals surface area contributed by atoms with Gasteiger partial charge in [0.2, 0.25) is 0 Å². The minimum atomic E-state index is -1.86. The van der Waals surface area contributed by atoms with Crippen molar-refractivity contribution in [1.29, 1.82) is 0 Å². The molecule has 1 N–H and O–H groups in total. The molecule has 1 aromatic heterocycles. The molecule has 88 valence electrons. The number of alkyl halides is 1. The molecule has 0 radical (unpaired) electrons. The number of aromatic amines is 1. The number of benzene rings is 1. The summed E-state index contributed by atoms with van der Waals surface area (Å²) in [4.78, 5) is 14.3. The number of hydrogen-bond donors (Lipinski definition) is 1. The molecule has 2 heterocycles. The van der Waals surface area contributed by atoms with Gasteiger partial charge in [0, 0.05) is 20.1 Å². The zero-order chi connectivity index (χ0) is 13.8. The molecule has 0 aliphatic carbocycles. The number of halogens is 2. The van der Waals surface area contributed by atoms with E-state index < -0.39 is 17.7 Å². The molecule has 1 aliphatic rings. The van der Waals surface area contributed by atoms with Crippen molar-refractivity contribution in [1.82, 2.24) is 4.98 Å². The molecule has 0 spiro atoms. The number of hydrogen-bond acceptors (Lipinski definition) is 2. The van der Waals surface area contributed by atoms with Crippen molar-refractivity contribution >= 4 is 22.5 Å². The fourth-order valence-corrected chi connectivity index (χ4v) is 2.14. The highest BCUT2D eigenvalue weighted by atomic mass is 35.5. The van der Waals surface area contributed by atoms with E-state index in [4.69, 9.17) is 19.1 Å². The van der Waals surface area contributed by atoms with E-state index in [9.17, 15) is 9.18 Å². The lowest BCUT2D eigenvalue weighted by atomic mass is 10.1. The van der Waals surface area contributed by atoms with E-state index in [-0.39, 0.29) is 34.9 Å². The van der Waals surface area contributed by atoms with Crippen LogP contribution in [0.2, 0.25) is 0 Å². The molecule has 3 nitrogen and oxygen atoms in total. The van der Waals surface area contributed by atoms with Gasteiger partial charge in [-0.15, -0.1) is 11.6 Å². The number of H-pyrrole nitrogens is 1. The first-order valence-electron chi connectivity index (χ1n) is 6.02. The standard InChI is InChI=1S/C12H9ClFNO2/c13-5-6-1-2-7-10(9(6)14)15-12(16)8-3-4-17-11(7)8/h1-2H,3-5H2,(H,15,16)/i3D2. The Kier molecular flexibility index (Phi) is 1.87. The van der Waals surface area contributed by atoms with E-state index in [1.165, 1.54) is 6.07 Å². The summed E-state index contributed by atoms with van der Waals surface area (Å²) in [5, 5.41) is 0.349. The van der Waals surface area contributed by atoms with Crippen molar-refractivity contribution in [3.8, 4) is 5.75 Å². The predicted molar refractivity (Wildman–Crippen MR) is 63.3 cm³/mol. The molecule has 0 bridgehead atoms. The largest absolute Gasteiger partial charge is 0.492 e. The summed E-state index contributed by atoms with van der Waals surface area (Å²) in [7, 11) is 0. The lowest BCUT2D eigenvalue weighted by molar-refractivity contribution is 0.360. The van der Waals surface area contributed by atoms with Crippen molar-refractivity contribution in [2.75, 3.05) is 6.61 Å². The third-order valence-corrected chi connectivity index (χ3v) is 3.06. The van der Waals surface area contributed by atoms with E-state index in [1.54, 1.807) is 6.07 Å². The van der Waals surface area contributed by atoms with E-state index in [1.807, 2.05) is 0 Å². The fourth-order valence-electron chi connectivity index (χ4n) is 1.94. The van der Waals surface area contributed by atoms with Crippen LogP contribution in [0.3, 0.4) is 0 Å². The van der Waals surface area contributed by atoms with Crippen LogP contribution in [0, 0.1) is 5.82 Å². The van der Waals surface area contributed by atoms with Gasteiger partial charge in [-0.3, -0.25) is 4.79 Å². The number of aromatic nitrogens is 1. The summed E-state index contributed by atoms with van der Waals surface area (Å²) in [5.41, 5.74) is -0.487. The number of fused-ring (bicyclic) bond motifs is 3. The summed E-state index contributed by atoms with van der Waals surface area (Å²) >= 11 is 5.61. The van der Waals surface area contributed by atoms with Crippen molar-refractivity contribution in [2.24, 2.45) is 0 Å². The van der Waals surface area contributed by atoms with Crippen molar-refractivity contribution in [3.63, 3.8) is 0 Å². The second-order valence-electron chi connectivity index (χ2n) is 3.72. The Balaban J connectivity index is 2.44. The topological polar surface area (TPSA) is 42.1 Å². The van der Waals surface area contributed by atoms with Crippen molar-refractivity contribution in [2.45, 2.75) is 12.3 Å². The third kappa shape index (κ3) is 1.44. The van der Waals surface area contributed by atoms with Crippen LogP contribution >= 0.6 is 11.6 Å². The minimum Gasteiger partial charge on any atom is -0.492 e. The molecular weight excluding hydrogens is 245 g/mol. The van der Waals surface area contributed by atoms with E-state index in [0.29, 0.717) is 5.39 Å². The highest BCUT2D eigenvalue weighted by molar-refractivity contribution is 6.17. The molecule has 3 rings (SSSR count). The maximum Gasteiger partial charge on any atom is 0.255 e. The third-order valence-electron chi connectivity index (χ3n) is 2.77. The average Bonchev–Trinajstić information content (AvgIpc) is 2.68. The predicted octanol–water partition coefficient (Wildman–Crippen LogP) is 2.34. The number of ether oxygens (including phenoxy) is 1. The molecule has 0 amide bonds. The molecule has 1 aliphatic heterocycles. The summed E-state index contributed by atoms with van der Waals surface area (Å²) in [6, 6.07) is 3.08. The normalized spacial score (nSPS) is 18.5. The molecule has 0 unspecified atom stereocenters. The van der Waals surface area contributed by atoms with Gasteiger partial charge in [-0.2, -0.15) is 0 Å². The number of rotatable bonds is 1. The zero-order valence-corrected chi connectivity index (χ0v) is 9.40. The average molecular weight is 256 g/mol. The number of pyridine rings is 1. The lowest BCUT2D eigenvalue weighted by Crippen LogP contribution is -2.11. The summed E-state index contributed by atoms with van der Waals surface area (Å²) in [5.74, 6) is -0.505. The molecule has 1 aromatic carbocycles. The van der Waals surface area contributed by atoms with Crippen LogP contribution in [0.5, 0.6) is 5.75 Å². The first kappa shape index (κ1) is 8.53. The maximum absolute atomic E-state index is 14.1. The van der Waals surface area contributed by atoms with Crippen LogP contribution in [0.1, 0.15) is 13.9 Å². The Hall–Kier alpha value is -1.55. The lowest BCUT2D eigenvalue weighted by Gasteiger charge is -2.07. The molecule has 2 aromatic rings. The van der Waals surface area contributed by atoms with Crippen molar-refractivity contribution in [3.05, 3.63) is 39.4 Å². The Morgan fingerprint density at radius 2 is 2.41 bits per heavy atom. The van der Waals surface area contributed by atoms with E-state index in [0.717, 1.165) is 0 Å². The first-order valence-corrected chi connectivity index (χ1v) is 5.56. The Bertz CT molecular complexity index is 745. The highest BCUT2D eigenvalue weighted by Crippen LogP contribution is 2.32. The van der Waals surface area contributed by atoms with Crippen LogP contribution in [-0.2, 0) is 12.3 Å². The van der Waals surface area contributed by atoms with Crippen LogP contribution in [-0.4, -0.2) is 11.6 Å². The van der Waals surface area contributed by atoms with Crippen LogP contribution in [0.4, 0.5) is 4.39 Å². The maximum atomic E-state index is 14.1. The van der Waals surface area contributed by atoms with E-state index in [2.05, 4.69) is 4.98 Å². The van der Waals surface area contributed by atoms with Crippen molar-refractivity contribution < 1.29 is 11.9 Å². The molecule has 0 fully saturated rings. The monoisotopic (exact) mass is 255 g/mol. The Labute approximate surface area is 104 Å². The molecule has 0 atom stereocenters. The van der Waals surface area contributed by atoms with Gasteiger partial charge in [0.05, 0.1) is 23.6 Å². The summed E-state index contributed by atoms with van der Waals surface area (Å²) in [6.07, 6.45) is -1.86. The molecular formula is C12H9ClFNO2. The second-order valence-corrected chi connectivity index (χ2v) is 3.99. The molecule has 0 saturated carbocycles. The van der Waals surface area contributed by atoms with Crippen LogP contribution in [0.15, 0.2) is 16.9 Å². The van der Waals surface area contributed by atoms with Gasteiger partial charge in [-0.05, 0) is 6.07 Å². The van der Waals surface area contributed by atoms with Gasteiger partial charge >= 0.3 is 0 Å². The van der Waals surface area contributed by atoms with Gasteiger partial charge in [0.15, 0.2) is 5.82 Å².